The predicted molar refractivity (Wildman–Crippen MR) is 99.0 cm³/mol. The highest BCUT2D eigenvalue weighted by Gasteiger charge is 2.27. The molecule has 2 aromatic heterocycles. The minimum Gasteiger partial charge on any atom is -0.273 e. The van der Waals surface area contributed by atoms with Crippen molar-refractivity contribution in [1.29, 1.82) is 0 Å². The van der Waals surface area contributed by atoms with E-state index in [-0.39, 0.29) is 11.8 Å². The Morgan fingerprint density at radius 1 is 1.00 bits per heavy atom. The first-order valence-electron chi connectivity index (χ1n) is 8.58. The van der Waals surface area contributed by atoms with Crippen LogP contribution in [0.5, 0.6) is 0 Å². The van der Waals surface area contributed by atoms with Gasteiger partial charge in [-0.2, -0.15) is 10.2 Å². The summed E-state index contributed by atoms with van der Waals surface area (Å²) in [6.45, 7) is 4.27. The van der Waals surface area contributed by atoms with E-state index in [0.717, 1.165) is 28.2 Å². The molecular weight excluding hydrogens is 312 g/mol. The number of benzene rings is 1. The third-order valence-corrected chi connectivity index (χ3v) is 4.44. The van der Waals surface area contributed by atoms with Crippen molar-refractivity contribution in [2.75, 3.05) is 5.01 Å². The van der Waals surface area contributed by atoms with E-state index in [9.17, 15) is 4.79 Å². The van der Waals surface area contributed by atoms with Gasteiger partial charge in [0.2, 0.25) is 5.91 Å². The molecule has 0 bridgehead atoms. The van der Waals surface area contributed by atoms with Crippen LogP contribution in [0.15, 0.2) is 59.8 Å². The zero-order valence-electron chi connectivity index (χ0n) is 14.4. The third kappa shape index (κ3) is 2.71. The summed E-state index contributed by atoms with van der Waals surface area (Å²) in [6, 6.07) is 15.6. The van der Waals surface area contributed by atoms with Crippen LogP contribution in [0, 0.1) is 0 Å². The van der Waals surface area contributed by atoms with Crippen molar-refractivity contribution in [3.8, 4) is 0 Å². The highest BCUT2D eigenvalue weighted by atomic mass is 16.2. The summed E-state index contributed by atoms with van der Waals surface area (Å²) >= 11 is 0. The zero-order valence-corrected chi connectivity index (χ0v) is 14.4. The SMILES string of the molecule is CC(C)c1nn2ccccc2c1C1=NN(c2ccccc2)C(=O)CC1. The lowest BCUT2D eigenvalue weighted by Crippen LogP contribution is -2.32. The van der Waals surface area contributed by atoms with Crippen molar-refractivity contribution in [2.45, 2.75) is 32.6 Å². The number of amides is 1. The normalized spacial score (nSPS) is 15.1. The van der Waals surface area contributed by atoms with Gasteiger partial charge in [-0.3, -0.25) is 4.79 Å². The van der Waals surface area contributed by atoms with Crippen LogP contribution in [0.3, 0.4) is 0 Å². The molecule has 1 amide bonds. The number of hydrogen-bond donors (Lipinski definition) is 0. The maximum Gasteiger partial charge on any atom is 0.247 e. The fourth-order valence-corrected chi connectivity index (χ4v) is 3.22. The molecule has 126 valence electrons. The van der Waals surface area contributed by atoms with Crippen molar-refractivity contribution in [3.05, 3.63) is 66.0 Å². The zero-order chi connectivity index (χ0) is 17.4. The number of aromatic nitrogens is 2. The summed E-state index contributed by atoms with van der Waals surface area (Å²) < 4.78 is 1.90. The van der Waals surface area contributed by atoms with Gasteiger partial charge in [0, 0.05) is 24.6 Å². The highest BCUT2D eigenvalue weighted by molar-refractivity contribution is 6.12. The lowest BCUT2D eigenvalue weighted by atomic mass is 9.97. The second-order valence-electron chi connectivity index (χ2n) is 6.53. The second kappa shape index (κ2) is 6.16. The molecule has 1 aliphatic heterocycles. The van der Waals surface area contributed by atoms with E-state index in [0.29, 0.717) is 12.8 Å². The predicted octanol–water partition coefficient (Wildman–Crippen LogP) is 3.99. The fraction of sp³-hybridized carbons (Fsp3) is 0.250. The number of carbonyl (C=O) groups excluding carboxylic acids is 1. The summed E-state index contributed by atoms with van der Waals surface area (Å²) in [5, 5.41) is 11.0. The quantitative estimate of drug-likeness (QED) is 0.728. The highest BCUT2D eigenvalue weighted by Crippen LogP contribution is 2.28. The van der Waals surface area contributed by atoms with Crippen LogP contribution in [0.4, 0.5) is 5.69 Å². The van der Waals surface area contributed by atoms with Crippen molar-refractivity contribution in [1.82, 2.24) is 9.61 Å². The molecule has 0 radical (unpaired) electrons. The van der Waals surface area contributed by atoms with E-state index in [1.807, 2.05) is 53.2 Å². The van der Waals surface area contributed by atoms with Gasteiger partial charge in [-0.25, -0.2) is 9.52 Å². The lowest BCUT2D eigenvalue weighted by molar-refractivity contribution is -0.118. The van der Waals surface area contributed by atoms with Gasteiger partial charge < -0.3 is 0 Å². The summed E-state index contributed by atoms with van der Waals surface area (Å²) in [4.78, 5) is 12.4. The molecule has 0 saturated heterocycles. The Labute approximate surface area is 146 Å². The Morgan fingerprint density at radius 2 is 1.76 bits per heavy atom. The van der Waals surface area contributed by atoms with Crippen LogP contribution in [0.2, 0.25) is 0 Å². The third-order valence-electron chi connectivity index (χ3n) is 4.44. The van der Waals surface area contributed by atoms with Crippen LogP contribution < -0.4 is 5.01 Å². The lowest BCUT2D eigenvalue weighted by Gasteiger charge is -2.24. The Hall–Kier alpha value is -2.95. The van der Waals surface area contributed by atoms with E-state index in [1.165, 1.54) is 5.01 Å². The fourth-order valence-electron chi connectivity index (χ4n) is 3.22. The van der Waals surface area contributed by atoms with E-state index in [4.69, 9.17) is 10.2 Å². The molecule has 1 aromatic carbocycles. The van der Waals surface area contributed by atoms with Gasteiger partial charge >= 0.3 is 0 Å². The average molecular weight is 332 g/mol. The minimum absolute atomic E-state index is 0.0255. The van der Waals surface area contributed by atoms with Crippen molar-refractivity contribution >= 4 is 22.8 Å². The molecule has 1 aliphatic rings. The number of fused-ring (bicyclic) bond motifs is 1. The van der Waals surface area contributed by atoms with Gasteiger partial charge in [-0.1, -0.05) is 38.1 Å². The van der Waals surface area contributed by atoms with Crippen molar-refractivity contribution < 1.29 is 4.79 Å². The number of hydrogen-bond acceptors (Lipinski definition) is 3. The van der Waals surface area contributed by atoms with E-state index < -0.39 is 0 Å². The largest absolute Gasteiger partial charge is 0.273 e. The Morgan fingerprint density at radius 3 is 2.52 bits per heavy atom. The van der Waals surface area contributed by atoms with Gasteiger partial charge in [0.05, 0.1) is 22.6 Å². The van der Waals surface area contributed by atoms with Gasteiger partial charge in [-0.15, -0.1) is 0 Å². The van der Waals surface area contributed by atoms with Crippen LogP contribution in [-0.2, 0) is 4.79 Å². The maximum absolute atomic E-state index is 12.4. The summed E-state index contributed by atoms with van der Waals surface area (Å²) in [6.07, 6.45) is 3.04. The number of para-hydroxylation sites is 1. The second-order valence-corrected chi connectivity index (χ2v) is 6.53. The molecule has 0 N–H and O–H groups in total. The summed E-state index contributed by atoms with van der Waals surface area (Å²) in [5.74, 6) is 0.304. The van der Waals surface area contributed by atoms with Gasteiger partial charge in [-0.05, 0) is 30.2 Å². The monoisotopic (exact) mass is 332 g/mol. The van der Waals surface area contributed by atoms with Gasteiger partial charge in [0.15, 0.2) is 0 Å². The first kappa shape index (κ1) is 15.6. The molecule has 0 fully saturated rings. The van der Waals surface area contributed by atoms with Gasteiger partial charge in [0.1, 0.15) is 0 Å². The van der Waals surface area contributed by atoms with Crippen molar-refractivity contribution in [3.63, 3.8) is 0 Å². The number of pyridine rings is 1. The molecular formula is C20H20N4O. The number of hydrazone groups is 1. The molecule has 5 heteroatoms. The molecule has 0 aliphatic carbocycles. The van der Waals surface area contributed by atoms with E-state index in [1.54, 1.807) is 0 Å². The average Bonchev–Trinajstić information content (AvgIpc) is 3.03. The molecule has 0 spiro atoms. The van der Waals surface area contributed by atoms with E-state index in [2.05, 4.69) is 19.9 Å². The Bertz CT molecular complexity index is 956. The summed E-state index contributed by atoms with van der Waals surface area (Å²) in [7, 11) is 0. The molecule has 3 heterocycles. The number of carbonyl (C=O) groups is 1. The molecule has 4 rings (SSSR count). The first-order chi connectivity index (χ1) is 12.1. The van der Waals surface area contributed by atoms with Crippen LogP contribution in [0.25, 0.3) is 5.52 Å². The molecule has 5 nitrogen and oxygen atoms in total. The molecule has 0 atom stereocenters. The molecule has 0 unspecified atom stereocenters. The Kier molecular flexibility index (Phi) is 3.84. The smallest absolute Gasteiger partial charge is 0.247 e. The van der Waals surface area contributed by atoms with E-state index >= 15 is 0 Å². The standard InChI is InChI=1S/C20H20N4O/c1-14(2)20-19(17-10-6-7-13-23(17)22-20)16-11-12-18(25)24(21-16)15-8-4-3-5-9-15/h3-10,13-14H,11-12H2,1-2H3. The Balaban J connectivity index is 1.88. The number of nitrogens with zero attached hydrogens (tertiary/aromatic N) is 4. The molecule has 0 saturated carbocycles. The van der Waals surface area contributed by atoms with Crippen LogP contribution in [-0.4, -0.2) is 21.2 Å². The minimum atomic E-state index is 0.0255. The molecule has 3 aromatic rings. The number of rotatable bonds is 3. The van der Waals surface area contributed by atoms with Crippen LogP contribution in [0.1, 0.15) is 43.9 Å². The van der Waals surface area contributed by atoms with Crippen LogP contribution >= 0.6 is 0 Å². The first-order valence-corrected chi connectivity index (χ1v) is 8.58. The number of anilines is 1. The topological polar surface area (TPSA) is 50.0 Å². The molecule has 25 heavy (non-hydrogen) atoms. The maximum atomic E-state index is 12.4. The summed E-state index contributed by atoms with van der Waals surface area (Å²) in [5.41, 5.74) is 4.84. The van der Waals surface area contributed by atoms with Gasteiger partial charge in [0.25, 0.3) is 0 Å². The van der Waals surface area contributed by atoms with Crippen molar-refractivity contribution in [2.24, 2.45) is 5.10 Å².